The van der Waals surface area contributed by atoms with Gasteiger partial charge in [-0.2, -0.15) is 0 Å². The van der Waals surface area contributed by atoms with Crippen LogP contribution in [-0.2, 0) is 28.6 Å². The summed E-state index contributed by atoms with van der Waals surface area (Å²) in [5.41, 5.74) is 0. The number of hydrogen-bond acceptors (Lipinski definition) is 6. The third kappa shape index (κ3) is 4.08. The fourth-order valence-electron chi connectivity index (χ4n) is 1.51. The van der Waals surface area contributed by atoms with E-state index in [-0.39, 0.29) is 6.42 Å². The molecular weight excluding hydrogens is 245 g/mol. The largest absolute Gasteiger partial charge is 0.493 e. The molecule has 0 aromatic heterocycles. The molecule has 3 atom stereocenters. The number of carbonyl (C=O) groups is 3. The van der Waals surface area contributed by atoms with Crippen LogP contribution in [0.5, 0.6) is 0 Å². The van der Waals surface area contributed by atoms with Gasteiger partial charge in [0.25, 0.3) is 0 Å². The Morgan fingerprint density at radius 3 is 2.39 bits per heavy atom. The minimum Gasteiger partial charge on any atom is -0.493 e. The Balaban J connectivity index is 2.84. The number of rotatable bonds is 4. The van der Waals surface area contributed by atoms with E-state index in [0.717, 1.165) is 6.26 Å². The fourth-order valence-corrected chi connectivity index (χ4v) is 1.51. The number of carboxylic acids is 1. The molecule has 0 saturated heterocycles. The van der Waals surface area contributed by atoms with E-state index in [0.29, 0.717) is 0 Å². The highest BCUT2D eigenvalue weighted by atomic mass is 16.6. The Morgan fingerprint density at radius 2 is 1.89 bits per heavy atom. The van der Waals surface area contributed by atoms with Crippen LogP contribution in [0.25, 0.3) is 0 Å². The number of ether oxygens (including phenoxy) is 3. The van der Waals surface area contributed by atoms with E-state index in [2.05, 4.69) is 6.08 Å². The summed E-state index contributed by atoms with van der Waals surface area (Å²) in [7, 11) is 0. The van der Waals surface area contributed by atoms with Gasteiger partial charge >= 0.3 is 17.9 Å². The van der Waals surface area contributed by atoms with Crippen molar-refractivity contribution >= 4 is 17.9 Å². The maximum absolute atomic E-state index is 11.0. The second-order valence-electron chi connectivity index (χ2n) is 3.66. The first kappa shape index (κ1) is 14.0. The predicted octanol–water partition coefficient (Wildman–Crippen LogP) is 0.0402. The quantitative estimate of drug-likeness (QED) is 0.561. The number of carboxylic acid groups (broad SMARTS) is 1. The summed E-state index contributed by atoms with van der Waals surface area (Å²) < 4.78 is 14.8. The molecule has 0 aromatic carbocycles. The van der Waals surface area contributed by atoms with Gasteiger partial charge in [0, 0.05) is 19.9 Å². The van der Waals surface area contributed by atoms with Crippen LogP contribution >= 0.6 is 0 Å². The standard InChI is InChI=1S/C11H13O7/c1-6(12)17-8-3-4-16-9(5-10(14)15)11(8)18-7(2)13/h4,8-9,11H,5H2,1-2H3,(H,14,15)/i3+1. The molecule has 3 unspecified atom stereocenters. The lowest BCUT2D eigenvalue weighted by Gasteiger charge is -2.32. The maximum atomic E-state index is 11.0. The normalized spacial score (nSPS) is 26.0. The van der Waals surface area contributed by atoms with E-state index < -0.39 is 36.2 Å². The van der Waals surface area contributed by atoms with Gasteiger partial charge in [-0.3, -0.25) is 14.4 Å². The summed E-state index contributed by atoms with van der Waals surface area (Å²) in [5.74, 6) is -2.33. The van der Waals surface area contributed by atoms with Gasteiger partial charge in [-0.25, -0.2) is 0 Å². The molecule has 0 saturated carbocycles. The Bertz CT molecular complexity index is 374. The molecule has 1 N–H and O–H groups in total. The lowest BCUT2D eigenvalue weighted by atomic mass is 10.1. The van der Waals surface area contributed by atoms with Gasteiger partial charge in [0.2, 0.25) is 0 Å². The Hall–Kier alpha value is -2.05. The zero-order valence-electron chi connectivity index (χ0n) is 9.91. The number of carbonyl (C=O) groups excluding carboxylic acids is 2. The van der Waals surface area contributed by atoms with Crippen LogP contribution in [0.2, 0.25) is 0 Å². The molecule has 99 valence electrons. The fraction of sp³-hybridized carbons (Fsp3) is 0.545. The average Bonchev–Trinajstić information content (AvgIpc) is 2.20. The van der Waals surface area contributed by atoms with Crippen molar-refractivity contribution in [3.63, 3.8) is 0 Å². The Kier molecular flexibility index (Phi) is 4.70. The molecule has 0 aliphatic carbocycles. The van der Waals surface area contributed by atoms with Gasteiger partial charge in [0.05, 0.1) is 12.7 Å². The first-order valence-corrected chi connectivity index (χ1v) is 5.19. The smallest absolute Gasteiger partial charge is 0.307 e. The predicted molar refractivity (Wildman–Crippen MR) is 56.0 cm³/mol. The van der Waals surface area contributed by atoms with Gasteiger partial charge in [-0.1, -0.05) is 0 Å². The summed E-state index contributed by atoms with van der Waals surface area (Å²) >= 11 is 0. The van der Waals surface area contributed by atoms with Crippen LogP contribution in [0, 0.1) is 6.08 Å². The van der Waals surface area contributed by atoms with Gasteiger partial charge in [-0.15, -0.1) is 0 Å². The van der Waals surface area contributed by atoms with E-state index in [1.165, 1.54) is 13.8 Å². The van der Waals surface area contributed by atoms with Crippen molar-refractivity contribution < 1.29 is 33.7 Å². The molecule has 0 spiro atoms. The van der Waals surface area contributed by atoms with Crippen LogP contribution < -0.4 is 0 Å². The summed E-state index contributed by atoms with van der Waals surface area (Å²) in [5, 5.41) is 8.72. The van der Waals surface area contributed by atoms with Crippen LogP contribution in [0.3, 0.4) is 0 Å². The summed E-state index contributed by atoms with van der Waals surface area (Å²) in [6.07, 6.45) is 0.372. The SMILES string of the molecule is CC(=O)OC1[13C]=COC(CC(=O)O)C1OC(C)=O. The van der Waals surface area contributed by atoms with Gasteiger partial charge < -0.3 is 19.3 Å². The molecule has 1 heterocycles. The first-order chi connectivity index (χ1) is 8.40. The minimum absolute atomic E-state index is 0.381. The average molecular weight is 258 g/mol. The summed E-state index contributed by atoms with van der Waals surface area (Å²) in [4.78, 5) is 32.5. The van der Waals surface area contributed by atoms with Gasteiger partial charge in [0.1, 0.15) is 6.10 Å². The third-order valence-electron chi connectivity index (χ3n) is 2.11. The lowest BCUT2D eigenvalue weighted by Crippen LogP contribution is -2.46. The lowest BCUT2D eigenvalue weighted by molar-refractivity contribution is -0.176. The summed E-state index contributed by atoms with van der Waals surface area (Å²) in [6.45, 7) is 2.36. The van der Waals surface area contributed by atoms with E-state index in [1.54, 1.807) is 0 Å². The van der Waals surface area contributed by atoms with Crippen molar-refractivity contribution in [2.45, 2.75) is 38.6 Å². The second kappa shape index (κ2) is 6.04. The highest BCUT2D eigenvalue weighted by Gasteiger charge is 2.38. The topological polar surface area (TPSA) is 99.1 Å². The molecule has 7 nitrogen and oxygen atoms in total. The van der Waals surface area contributed by atoms with Crippen molar-refractivity contribution in [2.75, 3.05) is 0 Å². The van der Waals surface area contributed by atoms with Crippen molar-refractivity contribution in [3.8, 4) is 0 Å². The maximum Gasteiger partial charge on any atom is 0.307 e. The molecule has 0 bridgehead atoms. The van der Waals surface area contributed by atoms with E-state index >= 15 is 0 Å². The molecule has 18 heavy (non-hydrogen) atoms. The molecule has 0 aromatic rings. The van der Waals surface area contributed by atoms with Crippen molar-refractivity contribution in [3.05, 3.63) is 12.3 Å². The van der Waals surface area contributed by atoms with Crippen LogP contribution in [-0.4, -0.2) is 41.3 Å². The monoisotopic (exact) mass is 258 g/mol. The molecule has 1 radical (unpaired) electrons. The third-order valence-corrected chi connectivity index (χ3v) is 2.11. The zero-order valence-corrected chi connectivity index (χ0v) is 9.91. The molecule has 0 amide bonds. The molecular formula is C11H13O7. The number of hydrogen-bond donors (Lipinski definition) is 1. The highest BCUT2D eigenvalue weighted by Crippen LogP contribution is 2.21. The molecule has 1 aliphatic rings. The van der Waals surface area contributed by atoms with Crippen LogP contribution in [0.1, 0.15) is 20.3 Å². The zero-order chi connectivity index (χ0) is 13.7. The van der Waals surface area contributed by atoms with Crippen molar-refractivity contribution in [1.29, 1.82) is 0 Å². The second-order valence-corrected chi connectivity index (χ2v) is 3.66. The first-order valence-electron chi connectivity index (χ1n) is 5.19. The van der Waals surface area contributed by atoms with E-state index in [4.69, 9.17) is 19.3 Å². The minimum atomic E-state index is -1.12. The van der Waals surface area contributed by atoms with Crippen LogP contribution in [0.4, 0.5) is 0 Å². The van der Waals surface area contributed by atoms with Crippen LogP contribution in [0.15, 0.2) is 6.26 Å². The van der Waals surface area contributed by atoms with E-state index in [1.807, 2.05) is 0 Å². The van der Waals surface area contributed by atoms with Gasteiger partial charge in [-0.05, 0) is 0 Å². The summed E-state index contributed by atoms with van der Waals surface area (Å²) in [6, 6.07) is 0. The molecule has 1 aliphatic heterocycles. The molecule has 1 rings (SSSR count). The highest BCUT2D eigenvalue weighted by molar-refractivity contribution is 5.69. The van der Waals surface area contributed by atoms with Crippen molar-refractivity contribution in [1.82, 2.24) is 0 Å². The Labute approximate surface area is 103 Å². The Morgan fingerprint density at radius 1 is 1.28 bits per heavy atom. The molecule has 0 fully saturated rings. The number of aliphatic carboxylic acids is 1. The van der Waals surface area contributed by atoms with Crippen molar-refractivity contribution in [2.24, 2.45) is 0 Å². The van der Waals surface area contributed by atoms with Gasteiger partial charge in [0.15, 0.2) is 12.2 Å². The number of esters is 2. The van der Waals surface area contributed by atoms with E-state index in [9.17, 15) is 14.4 Å². The molecule has 7 heteroatoms.